The van der Waals surface area contributed by atoms with Crippen molar-refractivity contribution in [2.75, 3.05) is 21.3 Å². The molecule has 2 rings (SSSR count). The van der Waals surface area contributed by atoms with E-state index in [0.717, 1.165) is 0 Å². The third kappa shape index (κ3) is 2.04. The molecule has 0 atom stereocenters. The van der Waals surface area contributed by atoms with Crippen LogP contribution in [-0.4, -0.2) is 27.4 Å². The van der Waals surface area contributed by atoms with Crippen LogP contribution in [-0.2, 0) is 10.3 Å². The molecule has 0 saturated heterocycles. The molecule has 5 nitrogen and oxygen atoms in total. The highest BCUT2D eigenvalue weighted by molar-refractivity contribution is 5.58. The lowest BCUT2D eigenvalue weighted by molar-refractivity contribution is 0.330. The van der Waals surface area contributed by atoms with Crippen LogP contribution < -0.4 is 14.2 Å². The number of nitrogens with zero attached hydrogens (tertiary/aromatic N) is 1. The second kappa shape index (κ2) is 4.90. The molecule has 6 heteroatoms. The van der Waals surface area contributed by atoms with Gasteiger partial charge in [-0.2, -0.15) is 4.99 Å². The van der Waals surface area contributed by atoms with Gasteiger partial charge in [-0.15, -0.1) is 0 Å². The third-order valence-corrected chi connectivity index (χ3v) is 3.24. The molecule has 0 amide bonds. The fourth-order valence-electron chi connectivity index (χ4n) is 2.14. The predicted molar refractivity (Wildman–Crippen MR) is 65.1 cm³/mol. The molecule has 0 N–H and O–H groups in total. The van der Waals surface area contributed by atoms with Crippen LogP contribution in [0.1, 0.15) is 18.4 Å². The third-order valence-electron chi connectivity index (χ3n) is 3.24. The van der Waals surface area contributed by atoms with Gasteiger partial charge in [-0.05, 0) is 12.8 Å². The maximum Gasteiger partial charge on any atom is 0.235 e. The Morgan fingerprint density at radius 1 is 1.21 bits per heavy atom. The van der Waals surface area contributed by atoms with Crippen molar-refractivity contribution in [3.8, 4) is 17.2 Å². The summed E-state index contributed by atoms with van der Waals surface area (Å²) in [4.78, 5) is 14.3. The second-order valence-electron chi connectivity index (χ2n) is 4.24. The number of hydrogen-bond donors (Lipinski definition) is 0. The van der Waals surface area contributed by atoms with Crippen LogP contribution in [0.15, 0.2) is 11.1 Å². The summed E-state index contributed by atoms with van der Waals surface area (Å²) >= 11 is 0. The first-order chi connectivity index (χ1) is 9.13. The molecular weight excluding hydrogens is 253 g/mol. The molecule has 1 saturated carbocycles. The van der Waals surface area contributed by atoms with Gasteiger partial charge in [-0.1, -0.05) is 0 Å². The Hall–Kier alpha value is -2.07. The Balaban J connectivity index is 2.72. The number of rotatable bonds is 5. The van der Waals surface area contributed by atoms with Gasteiger partial charge in [0, 0.05) is 6.07 Å². The van der Waals surface area contributed by atoms with Gasteiger partial charge in [0.05, 0.1) is 26.9 Å². The second-order valence-corrected chi connectivity index (χ2v) is 4.24. The molecular formula is C13H14FNO4. The molecule has 1 aromatic rings. The molecule has 0 unspecified atom stereocenters. The van der Waals surface area contributed by atoms with Gasteiger partial charge < -0.3 is 14.2 Å². The van der Waals surface area contributed by atoms with Crippen molar-refractivity contribution in [3.63, 3.8) is 0 Å². The fourth-order valence-corrected chi connectivity index (χ4v) is 2.14. The lowest BCUT2D eigenvalue weighted by Crippen LogP contribution is -2.11. The average Bonchev–Trinajstić information content (AvgIpc) is 3.18. The summed E-state index contributed by atoms with van der Waals surface area (Å²) in [6, 6.07) is 1.40. The van der Waals surface area contributed by atoms with Gasteiger partial charge in [0.1, 0.15) is 5.54 Å². The van der Waals surface area contributed by atoms with E-state index < -0.39 is 11.4 Å². The van der Waals surface area contributed by atoms with Crippen molar-refractivity contribution in [2.24, 2.45) is 4.99 Å². The number of halogens is 1. The van der Waals surface area contributed by atoms with E-state index in [0.29, 0.717) is 18.6 Å². The van der Waals surface area contributed by atoms with E-state index >= 15 is 0 Å². The smallest absolute Gasteiger partial charge is 0.235 e. The van der Waals surface area contributed by atoms with Crippen LogP contribution in [0, 0.1) is 5.82 Å². The molecule has 1 fully saturated rings. The quantitative estimate of drug-likeness (QED) is 0.606. The van der Waals surface area contributed by atoms with Gasteiger partial charge in [0.25, 0.3) is 0 Å². The molecule has 0 aromatic heterocycles. The molecule has 0 spiro atoms. The predicted octanol–water partition coefficient (Wildman–Crippen LogP) is 2.18. The Kier molecular flexibility index (Phi) is 3.44. The Labute approximate surface area is 110 Å². The van der Waals surface area contributed by atoms with E-state index in [1.165, 1.54) is 33.5 Å². The topological polar surface area (TPSA) is 57.1 Å². The first-order valence-corrected chi connectivity index (χ1v) is 5.71. The Morgan fingerprint density at radius 3 is 2.26 bits per heavy atom. The molecule has 1 aromatic carbocycles. The van der Waals surface area contributed by atoms with Crippen molar-refractivity contribution in [1.29, 1.82) is 0 Å². The number of carbonyl (C=O) groups excluding carboxylic acids is 1. The zero-order valence-corrected chi connectivity index (χ0v) is 10.9. The zero-order valence-electron chi connectivity index (χ0n) is 10.9. The van der Waals surface area contributed by atoms with Gasteiger partial charge >= 0.3 is 0 Å². The van der Waals surface area contributed by atoms with E-state index in [1.807, 2.05) is 0 Å². The minimum Gasteiger partial charge on any atom is -0.494 e. The standard InChI is InChI=1S/C13H14FNO4/c1-17-8-6-9(18-2)12(19-3)10(11(8)14)13(4-5-13)15-7-16/h6H,4-5H2,1-3H3. The number of ether oxygens (including phenoxy) is 3. The van der Waals surface area contributed by atoms with E-state index in [2.05, 4.69) is 4.99 Å². The van der Waals surface area contributed by atoms with E-state index in [4.69, 9.17) is 14.2 Å². The summed E-state index contributed by atoms with van der Waals surface area (Å²) < 4.78 is 29.8. The first-order valence-electron chi connectivity index (χ1n) is 5.71. The van der Waals surface area contributed by atoms with Crippen molar-refractivity contribution in [2.45, 2.75) is 18.4 Å². The van der Waals surface area contributed by atoms with Gasteiger partial charge in [-0.25, -0.2) is 9.18 Å². The molecule has 0 heterocycles. The highest BCUT2D eigenvalue weighted by Crippen LogP contribution is 2.56. The lowest BCUT2D eigenvalue weighted by Gasteiger charge is -2.19. The minimum atomic E-state index is -0.904. The Bertz CT molecular complexity index is 548. The SMILES string of the molecule is COc1cc(OC)c(OC)c(C2(N=C=O)CC2)c1F. The van der Waals surface area contributed by atoms with Crippen LogP contribution in [0.2, 0.25) is 0 Å². The van der Waals surface area contributed by atoms with Crippen molar-refractivity contribution >= 4 is 6.08 Å². The summed E-state index contributed by atoms with van der Waals surface area (Å²) in [6.45, 7) is 0. The largest absolute Gasteiger partial charge is 0.494 e. The highest BCUT2D eigenvalue weighted by Gasteiger charge is 2.50. The first kappa shape index (κ1) is 13.4. The lowest BCUT2D eigenvalue weighted by atomic mass is 10.0. The van der Waals surface area contributed by atoms with Crippen molar-refractivity contribution < 1.29 is 23.4 Å². The van der Waals surface area contributed by atoms with E-state index in [1.54, 1.807) is 0 Å². The summed E-state index contributed by atoms with van der Waals surface area (Å²) in [6.07, 6.45) is 2.62. The van der Waals surface area contributed by atoms with Crippen molar-refractivity contribution in [1.82, 2.24) is 0 Å². The summed E-state index contributed by atoms with van der Waals surface area (Å²) in [5.74, 6) is 0.0112. The molecule has 1 aliphatic rings. The zero-order chi connectivity index (χ0) is 14.0. The van der Waals surface area contributed by atoms with Crippen molar-refractivity contribution in [3.05, 3.63) is 17.4 Å². The molecule has 0 radical (unpaired) electrons. The average molecular weight is 267 g/mol. The van der Waals surface area contributed by atoms with E-state index in [9.17, 15) is 9.18 Å². The van der Waals surface area contributed by atoms with E-state index in [-0.39, 0.29) is 17.1 Å². The maximum atomic E-state index is 14.4. The number of hydrogen-bond acceptors (Lipinski definition) is 5. The van der Waals surface area contributed by atoms with Crippen LogP contribution in [0.4, 0.5) is 4.39 Å². The molecule has 0 bridgehead atoms. The van der Waals surface area contributed by atoms with Crippen LogP contribution >= 0.6 is 0 Å². The maximum absolute atomic E-state index is 14.4. The minimum absolute atomic E-state index is 0.0278. The van der Waals surface area contributed by atoms with Gasteiger partial charge in [0.15, 0.2) is 23.1 Å². The number of aliphatic imine (C=N–C) groups is 1. The molecule has 102 valence electrons. The monoisotopic (exact) mass is 267 g/mol. The summed E-state index contributed by atoms with van der Waals surface area (Å²) in [5.41, 5.74) is -0.714. The van der Waals surface area contributed by atoms with Crippen LogP contribution in [0.3, 0.4) is 0 Å². The van der Waals surface area contributed by atoms with Crippen LogP contribution in [0.5, 0.6) is 17.2 Å². The molecule has 0 aliphatic heterocycles. The van der Waals surface area contributed by atoms with Gasteiger partial charge in [-0.3, -0.25) is 0 Å². The summed E-state index contributed by atoms with van der Waals surface area (Å²) in [5, 5.41) is 0. The number of methoxy groups -OCH3 is 3. The highest BCUT2D eigenvalue weighted by atomic mass is 19.1. The van der Waals surface area contributed by atoms with Crippen LogP contribution in [0.25, 0.3) is 0 Å². The summed E-state index contributed by atoms with van der Waals surface area (Å²) in [7, 11) is 4.21. The Morgan fingerprint density at radius 2 is 1.84 bits per heavy atom. The molecule has 19 heavy (non-hydrogen) atoms. The van der Waals surface area contributed by atoms with Gasteiger partial charge in [0.2, 0.25) is 6.08 Å². The normalized spacial score (nSPS) is 15.4. The molecule has 1 aliphatic carbocycles. The fraction of sp³-hybridized carbons (Fsp3) is 0.462. The number of isocyanates is 1. The number of benzene rings is 1.